The third kappa shape index (κ3) is 2.59. The number of likely N-dealkylation sites (N-methyl/N-ethyl adjacent to an activating group) is 2. The molecule has 1 unspecified atom stereocenters. The number of benzene rings is 1. The molecule has 2 aliphatic rings. The Morgan fingerprint density at radius 3 is 2.23 bits per heavy atom. The van der Waals surface area contributed by atoms with Crippen molar-refractivity contribution in [2.24, 2.45) is 0 Å². The van der Waals surface area contributed by atoms with Gasteiger partial charge in [-0.25, -0.2) is 9.34 Å². The van der Waals surface area contributed by atoms with Crippen LogP contribution in [0.25, 0.3) is 6.08 Å². The molecule has 0 amide bonds. The van der Waals surface area contributed by atoms with Crippen LogP contribution in [0, 0.1) is 0 Å². The fraction of sp³-hybridized carbons (Fsp3) is 0.529. The molecule has 0 spiro atoms. The highest BCUT2D eigenvalue weighted by atomic mass is 31.2. The Balaban J connectivity index is 1.82. The number of hydrogen-bond donors (Lipinski definition) is 1. The first kappa shape index (κ1) is 15.9. The van der Waals surface area contributed by atoms with E-state index in [1.165, 1.54) is 12.8 Å². The van der Waals surface area contributed by atoms with Crippen LogP contribution in [0.1, 0.15) is 31.2 Å². The summed E-state index contributed by atoms with van der Waals surface area (Å²) in [6, 6.07) is 10.4. The molecule has 1 aromatic rings. The van der Waals surface area contributed by atoms with Gasteiger partial charge in [-0.3, -0.25) is 4.57 Å². The molecule has 22 heavy (non-hydrogen) atoms. The Kier molecular flexibility index (Phi) is 4.56. The highest BCUT2D eigenvalue weighted by molar-refractivity contribution is 7.60. The van der Waals surface area contributed by atoms with Crippen molar-refractivity contribution in [3.8, 4) is 0 Å². The van der Waals surface area contributed by atoms with E-state index in [9.17, 15) is 9.67 Å². The third-order valence-electron chi connectivity index (χ3n) is 5.16. The Labute approximate surface area is 132 Å². The Morgan fingerprint density at radius 2 is 1.68 bits per heavy atom. The number of hydrogen-bond acceptors (Lipinski definition) is 2. The lowest BCUT2D eigenvalue weighted by Crippen LogP contribution is -2.37. The summed E-state index contributed by atoms with van der Waals surface area (Å²) >= 11 is 0. The summed E-state index contributed by atoms with van der Waals surface area (Å²) in [5.74, 6) is -0.951. The van der Waals surface area contributed by atoms with E-state index in [0.29, 0.717) is 12.1 Å². The van der Waals surface area contributed by atoms with Crippen LogP contribution in [0.2, 0.25) is 0 Å². The van der Waals surface area contributed by atoms with E-state index in [0.717, 1.165) is 18.4 Å². The standard InChI is InChI=1S/C17H25N2O2P/c1-18-15-10-6-7-11-16(15)19(2)22(18,21)17(20)13-12-14-8-4-3-5-9-14/h3-5,8-9,12-13,15-17,20H,6-7,10-11H2,1-2H3/b13-12+/t15-,16-,17?/m1/s1. The van der Waals surface area contributed by atoms with Crippen LogP contribution in [-0.2, 0) is 4.57 Å². The van der Waals surface area contributed by atoms with E-state index in [1.54, 1.807) is 6.08 Å². The second kappa shape index (κ2) is 6.29. The zero-order valence-corrected chi connectivity index (χ0v) is 14.2. The minimum atomic E-state index is -2.95. The molecule has 4 nitrogen and oxygen atoms in total. The maximum absolute atomic E-state index is 13.5. The van der Waals surface area contributed by atoms with Gasteiger partial charge in [0, 0.05) is 12.1 Å². The molecular weight excluding hydrogens is 295 g/mol. The first-order valence-electron chi connectivity index (χ1n) is 8.03. The van der Waals surface area contributed by atoms with E-state index in [-0.39, 0.29) is 0 Å². The molecule has 120 valence electrons. The Bertz CT molecular complexity index is 568. The largest absolute Gasteiger partial charge is 0.378 e. The minimum absolute atomic E-state index is 0.310. The van der Waals surface area contributed by atoms with Gasteiger partial charge in [0.25, 0.3) is 0 Å². The van der Waals surface area contributed by atoms with Gasteiger partial charge in [-0.1, -0.05) is 49.2 Å². The molecule has 1 aliphatic carbocycles. The number of rotatable bonds is 3. The smallest absolute Gasteiger partial charge is 0.248 e. The van der Waals surface area contributed by atoms with Crippen LogP contribution in [0.15, 0.2) is 36.4 Å². The average Bonchev–Trinajstić information content (AvgIpc) is 2.77. The number of nitrogens with zero attached hydrogens (tertiary/aromatic N) is 2. The van der Waals surface area contributed by atoms with E-state index in [1.807, 2.05) is 59.8 Å². The Morgan fingerprint density at radius 1 is 1.14 bits per heavy atom. The summed E-state index contributed by atoms with van der Waals surface area (Å²) in [5.41, 5.74) is 1.01. The Hall–Kier alpha value is -0.930. The minimum Gasteiger partial charge on any atom is -0.378 e. The summed E-state index contributed by atoms with van der Waals surface area (Å²) in [7, 11) is 0.869. The van der Waals surface area contributed by atoms with Crippen molar-refractivity contribution in [3.05, 3.63) is 42.0 Å². The predicted molar refractivity (Wildman–Crippen MR) is 90.7 cm³/mol. The van der Waals surface area contributed by atoms with Gasteiger partial charge in [0.05, 0.1) is 0 Å². The maximum atomic E-state index is 13.5. The van der Waals surface area contributed by atoms with Gasteiger partial charge >= 0.3 is 0 Å². The molecule has 1 saturated carbocycles. The third-order valence-corrected chi connectivity index (χ3v) is 8.43. The molecule has 1 aromatic carbocycles. The van der Waals surface area contributed by atoms with Crippen LogP contribution in [0.4, 0.5) is 0 Å². The van der Waals surface area contributed by atoms with Gasteiger partial charge in [0.2, 0.25) is 7.44 Å². The summed E-state index contributed by atoms with van der Waals surface area (Å²) < 4.78 is 17.4. The van der Waals surface area contributed by atoms with E-state index in [2.05, 4.69) is 0 Å². The van der Waals surface area contributed by atoms with Crippen molar-refractivity contribution in [1.82, 2.24) is 9.34 Å². The lowest BCUT2D eigenvalue weighted by molar-refractivity contribution is 0.233. The van der Waals surface area contributed by atoms with Crippen LogP contribution < -0.4 is 0 Å². The van der Waals surface area contributed by atoms with Crippen LogP contribution in [0.3, 0.4) is 0 Å². The van der Waals surface area contributed by atoms with Gasteiger partial charge in [-0.05, 0) is 38.6 Å². The van der Waals surface area contributed by atoms with Gasteiger partial charge in [-0.15, -0.1) is 0 Å². The van der Waals surface area contributed by atoms with Gasteiger partial charge in [-0.2, -0.15) is 0 Å². The molecule has 1 saturated heterocycles. The molecule has 3 atom stereocenters. The zero-order chi connectivity index (χ0) is 15.7. The van der Waals surface area contributed by atoms with E-state index < -0.39 is 13.3 Å². The van der Waals surface area contributed by atoms with Crippen molar-refractivity contribution < 1.29 is 9.67 Å². The van der Waals surface area contributed by atoms with Crippen molar-refractivity contribution in [2.75, 3.05) is 14.1 Å². The zero-order valence-electron chi connectivity index (χ0n) is 13.3. The summed E-state index contributed by atoms with van der Waals surface area (Å²) in [5, 5.41) is 10.6. The van der Waals surface area contributed by atoms with Crippen molar-refractivity contribution in [3.63, 3.8) is 0 Å². The lowest BCUT2D eigenvalue weighted by atomic mass is 9.91. The highest BCUT2D eigenvalue weighted by Crippen LogP contribution is 2.64. The number of fused-ring (bicyclic) bond motifs is 1. The van der Waals surface area contributed by atoms with Crippen LogP contribution in [0.5, 0.6) is 0 Å². The topological polar surface area (TPSA) is 43.8 Å². The molecule has 0 bridgehead atoms. The molecule has 1 N–H and O–H groups in total. The predicted octanol–water partition coefficient (Wildman–Crippen LogP) is 3.40. The van der Waals surface area contributed by atoms with Gasteiger partial charge in [0.15, 0.2) is 5.85 Å². The summed E-state index contributed by atoms with van der Waals surface area (Å²) in [6.45, 7) is 0. The van der Waals surface area contributed by atoms with Crippen molar-refractivity contribution in [1.29, 1.82) is 0 Å². The van der Waals surface area contributed by atoms with Crippen molar-refractivity contribution >= 4 is 13.5 Å². The quantitative estimate of drug-likeness (QED) is 0.867. The molecule has 5 heteroatoms. The fourth-order valence-corrected chi connectivity index (χ4v) is 6.75. The monoisotopic (exact) mass is 320 g/mol. The highest BCUT2D eigenvalue weighted by Gasteiger charge is 2.54. The van der Waals surface area contributed by atoms with E-state index in [4.69, 9.17) is 0 Å². The second-order valence-corrected chi connectivity index (χ2v) is 9.31. The number of aliphatic hydroxyl groups excluding tert-OH is 1. The van der Waals surface area contributed by atoms with E-state index >= 15 is 0 Å². The van der Waals surface area contributed by atoms with Crippen molar-refractivity contribution in [2.45, 2.75) is 43.6 Å². The molecule has 1 heterocycles. The first-order valence-corrected chi connectivity index (χ1v) is 9.71. The van der Waals surface area contributed by atoms with Gasteiger partial charge < -0.3 is 5.11 Å². The SMILES string of the molecule is CN1[C@@H]2CCCC[C@H]2N(C)P1(=O)C(O)/C=C/c1ccccc1. The molecule has 0 aromatic heterocycles. The summed E-state index contributed by atoms with van der Waals surface area (Å²) in [4.78, 5) is 0. The molecule has 2 fully saturated rings. The maximum Gasteiger partial charge on any atom is 0.248 e. The van der Waals surface area contributed by atoms with Gasteiger partial charge in [0.1, 0.15) is 0 Å². The summed E-state index contributed by atoms with van der Waals surface area (Å²) in [6.07, 6.45) is 8.06. The average molecular weight is 320 g/mol. The molecule has 1 aliphatic heterocycles. The normalized spacial score (nSPS) is 30.5. The molecular formula is C17H25N2O2P. The first-order chi connectivity index (χ1) is 10.5. The second-order valence-electron chi connectivity index (χ2n) is 6.34. The number of aliphatic hydroxyl groups is 1. The fourth-order valence-electron chi connectivity index (χ4n) is 3.86. The molecule has 3 rings (SSSR count). The lowest BCUT2D eigenvalue weighted by Gasteiger charge is -2.29. The molecule has 0 radical (unpaired) electrons. The van der Waals surface area contributed by atoms with Crippen LogP contribution >= 0.6 is 7.44 Å². The van der Waals surface area contributed by atoms with Crippen LogP contribution in [-0.4, -0.2) is 46.5 Å².